The molecule has 0 amide bonds. The van der Waals surface area contributed by atoms with Gasteiger partial charge in [-0.1, -0.05) is 30.3 Å². The maximum Gasteiger partial charge on any atom is 0.191 e. The van der Waals surface area contributed by atoms with Crippen LogP contribution < -0.4 is 10.6 Å². The van der Waals surface area contributed by atoms with Crippen LogP contribution >= 0.6 is 11.3 Å². The van der Waals surface area contributed by atoms with Gasteiger partial charge in [-0.25, -0.2) is 4.98 Å². The van der Waals surface area contributed by atoms with Crippen LogP contribution in [0.15, 0.2) is 35.3 Å². The molecule has 1 aromatic heterocycles. The van der Waals surface area contributed by atoms with E-state index in [2.05, 4.69) is 58.7 Å². The molecule has 0 aliphatic carbocycles. The molecule has 26 heavy (non-hydrogen) atoms. The molecule has 2 atom stereocenters. The molecular weight excluding hydrogens is 344 g/mol. The second kappa shape index (κ2) is 9.14. The van der Waals surface area contributed by atoms with Crippen LogP contribution in [0.5, 0.6) is 0 Å². The summed E-state index contributed by atoms with van der Waals surface area (Å²) in [5, 5.41) is 7.92. The highest BCUT2D eigenvalue weighted by molar-refractivity contribution is 7.11. The van der Waals surface area contributed by atoms with E-state index in [4.69, 9.17) is 4.74 Å². The Bertz CT molecular complexity index is 709. The zero-order valence-electron chi connectivity index (χ0n) is 15.8. The Labute approximate surface area is 159 Å². The monoisotopic (exact) mass is 372 g/mol. The number of rotatable bonds is 5. The minimum Gasteiger partial charge on any atom is -0.373 e. The Morgan fingerprint density at radius 3 is 2.77 bits per heavy atom. The Morgan fingerprint density at radius 2 is 2.08 bits per heavy atom. The summed E-state index contributed by atoms with van der Waals surface area (Å²) >= 11 is 1.73. The summed E-state index contributed by atoms with van der Waals surface area (Å²) in [6.45, 7) is 6.54. The third-order valence-electron chi connectivity index (χ3n) is 4.81. The maximum absolute atomic E-state index is 6.08. The zero-order valence-corrected chi connectivity index (χ0v) is 16.6. The lowest BCUT2D eigenvalue weighted by molar-refractivity contribution is -0.0265. The van der Waals surface area contributed by atoms with Gasteiger partial charge in [-0.3, -0.25) is 4.99 Å². The molecule has 140 valence electrons. The highest BCUT2D eigenvalue weighted by Gasteiger charge is 2.27. The lowest BCUT2D eigenvalue weighted by Crippen LogP contribution is -2.41. The van der Waals surface area contributed by atoms with Gasteiger partial charge in [0, 0.05) is 31.0 Å². The normalized spacial score (nSPS) is 20.8. The fourth-order valence-electron chi connectivity index (χ4n) is 3.29. The lowest BCUT2D eigenvalue weighted by Gasteiger charge is -2.32. The Morgan fingerprint density at radius 1 is 1.27 bits per heavy atom. The fourth-order valence-corrected chi connectivity index (χ4v) is 4.16. The van der Waals surface area contributed by atoms with Crippen LogP contribution in [0.4, 0.5) is 0 Å². The minimum absolute atomic E-state index is 0.153. The van der Waals surface area contributed by atoms with Crippen molar-refractivity contribution in [2.24, 2.45) is 10.9 Å². The molecule has 6 heteroatoms. The summed E-state index contributed by atoms with van der Waals surface area (Å²) in [7, 11) is 1.81. The largest absolute Gasteiger partial charge is 0.373 e. The summed E-state index contributed by atoms with van der Waals surface area (Å²) in [5.74, 6) is 1.25. The van der Waals surface area contributed by atoms with Crippen LogP contribution in [-0.4, -0.2) is 31.1 Å². The second-order valence-corrected chi connectivity index (χ2v) is 7.95. The topological polar surface area (TPSA) is 58.5 Å². The van der Waals surface area contributed by atoms with Crippen LogP contribution in [0, 0.1) is 19.8 Å². The molecule has 5 nitrogen and oxygen atoms in total. The van der Waals surface area contributed by atoms with Gasteiger partial charge < -0.3 is 15.4 Å². The zero-order chi connectivity index (χ0) is 18.4. The average Bonchev–Trinajstić information content (AvgIpc) is 3.00. The van der Waals surface area contributed by atoms with Crippen molar-refractivity contribution in [1.29, 1.82) is 0 Å². The van der Waals surface area contributed by atoms with Crippen molar-refractivity contribution in [3.05, 3.63) is 51.5 Å². The molecule has 2 unspecified atom stereocenters. The summed E-state index contributed by atoms with van der Waals surface area (Å²) in [6, 6.07) is 10.5. The van der Waals surface area contributed by atoms with E-state index in [1.165, 1.54) is 10.4 Å². The van der Waals surface area contributed by atoms with E-state index < -0.39 is 0 Å². The van der Waals surface area contributed by atoms with E-state index in [1.54, 1.807) is 18.4 Å². The summed E-state index contributed by atoms with van der Waals surface area (Å²) in [6.07, 6.45) is 2.42. The molecule has 2 heterocycles. The van der Waals surface area contributed by atoms with Crippen LogP contribution in [0.25, 0.3) is 0 Å². The van der Waals surface area contributed by atoms with E-state index >= 15 is 0 Å². The number of thiazole rings is 1. The highest BCUT2D eigenvalue weighted by atomic mass is 32.1. The Kier molecular flexibility index (Phi) is 6.63. The van der Waals surface area contributed by atoms with Gasteiger partial charge in [0.05, 0.1) is 18.3 Å². The summed E-state index contributed by atoms with van der Waals surface area (Å²) in [5.41, 5.74) is 2.37. The molecule has 0 spiro atoms. The minimum atomic E-state index is 0.153. The molecule has 3 rings (SSSR count). The molecule has 1 aromatic carbocycles. The van der Waals surface area contributed by atoms with E-state index in [0.717, 1.165) is 42.7 Å². The predicted octanol–water partition coefficient (Wildman–Crippen LogP) is 3.59. The van der Waals surface area contributed by atoms with Crippen molar-refractivity contribution < 1.29 is 4.74 Å². The molecule has 1 saturated heterocycles. The van der Waals surface area contributed by atoms with E-state index in [9.17, 15) is 0 Å². The standard InChI is InChI=1S/C20H28N4OS/c1-14-15(2)26-18(24-14)13-23-20(21-3)22-12-17-10-7-11-25-19(17)16-8-5-4-6-9-16/h4-6,8-9,17,19H,7,10-13H2,1-3H3,(H2,21,22,23). The van der Waals surface area contributed by atoms with Gasteiger partial charge in [0.25, 0.3) is 0 Å². The molecule has 1 fully saturated rings. The third kappa shape index (κ3) is 4.83. The van der Waals surface area contributed by atoms with Crippen LogP contribution in [0.2, 0.25) is 0 Å². The number of aliphatic imine (C=N–C) groups is 1. The molecule has 2 N–H and O–H groups in total. The third-order valence-corrected chi connectivity index (χ3v) is 5.88. The number of hydrogen-bond acceptors (Lipinski definition) is 4. The molecule has 2 aromatic rings. The molecule has 1 aliphatic heterocycles. The summed E-state index contributed by atoms with van der Waals surface area (Å²) < 4.78 is 6.08. The van der Waals surface area contributed by atoms with Gasteiger partial charge in [-0.2, -0.15) is 0 Å². The number of guanidine groups is 1. The summed E-state index contributed by atoms with van der Waals surface area (Å²) in [4.78, 5) is 10.2. The first kappa shape index (κ1) is 18.9. The fraction of sp³-hybridized carbons (Fsp3) is 0.500. The van der Waals surface area contributed by atoms with E-state index in [-0.39, 0.29) is 6.10 Å². The number of nitrogens with zero attached hydrogens (tertiary/aromatic N) is 2. The molecule has 0 bridgehead atoms. The van der Waals surface area contributed by atoms with Crippen LogP contribution in [0.3, 0.4) is 0 Å². The molecular formula is C20H28N4OS. The van der Waals surface area contributed by atoms with Crippen molar-refractivity contribution in [3.63, 3.8) is 0 Å². The van der Waals surface area contributed by atoms with Crippen LogP contribution in [-0.2, 0) is 11.3 Å². The number of hydrogen-bond donors (Lipinski definition) is 2. The van der Waals surface area contributed by atoms with Gasteiger partial charge in [0.2, 0.25) is 0 Å². The van der Waals surface area contributed by atoms with Gasteiger partial charge in [0.1, 0.15) is 5.01 Å². The maximum atomic E-state index is 6.08. The Hall–Kier alpha value is -1.92. The number of nitrogens with one attached hydrogen (secondary N) is 2. The molecule has 0 radical (unpaired) electrons. The van der Waals surface area contributed by atoms with E-state index in [0.29, 0.717) is 12.5 Å². The smallest absolute Gasteiger partial charge is 0.191 e. The quantitative estimate of drug-likeness (QED) is 0.622. The number of aromatic nitrogens is 1. The first-order chi connectivity index (χ1) is 12.7. The SMILES string of the molecule is CN=C(NCc1nc(C)c(C)s1)NCC1CCCOC1c1ccccc1. The molecule has 0 saturated carbocycles. The molecule has 1 aliphatic rings. The average molecular weight is 373 g/mol. The van der Waals surface area contributed by atoms with Crippen molar-refractivity contribution in [1.82, 2.24) is 15.6 Å². The van der Waals surface area contributed by atoms with Crippen molar-refractivity contribution >= 4 is 17.3 Å². The van der Waals surface area contributed by atoms with Gasteiger partial charge in [-0.15, -0.1) is 11.3 Å². The number of ether oxygens (including phenoxy) is 1. The number of aryl methyl sites for hydroxylation is 2. The van der Waals surface area contributed by atoms with Crippen LogP contribution in [0.1, 0.15) is 40.1 Å². The van der Waals surface area contributed by atoms with Gasteiger partial charge in [-0.05, 0) is 32.3 Å². The number of benzene rings is 1. The lowest BCUT2D eigenvalue weighted by atomic mass is 9.89. The van der Waals surface area contributed by atoms with Crippen molar-refractivity contribution in [2.75, 3.05) is 20.2 Å². The highest BCUT2D eigenvalue weighted by Crippen LogP contribution is 2.33. The van der Waals surface area contributed by atoms with Gasteiger partial charge in [0.15, 0.2) is 5.96 Å². The van der Waals surface area contributed by atoms with Gasteiger partial charge >= 0.3 is 0 Å². The first-order valence-corrected chi connectivity index (χ1v) is 10.0. The van der Waals surface area contributed by atoms with Crippen molar-refractivity contribution in [3.8, 4) is 0 Å². The predicted molar refractivity (Wildman–Crippen MR) is 108 cm³/mol. The van der Waals surface area contributed by atoms with E-state index in [1.807, 2.05) is 6.07 Å². The first-order valence-electron chi connectivity index (χ1n) is 9.21. The Balaban J connectivity index is 1.55. The second-order valence-electron chi connectivity index (χ2n) is 6.66. The van der Waals surface area contributed by atoms with Crippen molar-refractivity contribution in [2.45, 2.75) is 39.3 Å².